The summed E-state index contributed by atoms with van der Waals surface area (Å²) in [5, 5.41) is 12.4. The molecule has 1 N–H and O–H groups in total. The number of nitrogens with zero attached hydrogens (tertiary/aromatic N) is 4. The Labute approximate surface area is 135 Å². The van der Waals surface area contributed by atoms with Crippen molar-refractivity contribution in [1.82, 2.24) is 19.6 Å². The highest BCUT2D eigenvalue weighted by molar-refractivity contribution is 8.02. The minimum Gasteiger partial charge on any atom is -0.330 e. The maximum Gasteiger partial charge on any atom is 0.210 e. The summed E-state index contributed by atoms with van der Waals surface area (Å²) in [5.41, 5.74) is 2.23. The summed E-state index contributed by atoms with van der Waals surface area (Å²) in [7, 11) is 0. The molecule has 21 heavy (non-hydrogen) atoms. The Kier molecular flexibility index (Phi) is 4.47. The van der Waals surface area contributed by atoms with Gasteiger partial charge in [-0.25, -0.2) is 4.98 Å². The average Bonchev–Trinajstić information content (AvgIpc) is 3.09. The first-order valence-corrected chi connectivity index (χ1v) is 8.81. The van der Waals surface area contributed by atoms with E-state index in [0.717, 1.165) is 31.7 Å². The normalized spacial score (nSPS) is 10.8. The van der Waals surface area contributed by atoms with Gasteiger partial charge in [0.1, 0.15) is 5.82 Å². The fourth-order valence-electron chi connectivity index (χ4n) is 1.65. The maximum atomic E-state index is 4.42. The van der Waals surface area contributed by atoms with Gasteiger partial charge in [-0.1, -0.05) is 30.4 Å². The van der Waals surface area contributed by atoms with Crippen LogP contribution in [0.1, 0.15) is 18.3 Å². The second kappa shape index (κ2) is 6.50. The molecule has 3 aromatic rings. The molecule has 0 saturated carbocycles. The van der Waals surface area contributed by atoms with E-state index in [9.17, 15) is 0 Å². The molecule has 2 aromatic heterocycles. The smallest absolute Gasteiger partial charge is 0.210 e. The van der Waals surface area contributed by atoms with E-state index in [1.165, 1.54) is 40.2 Å². The molecule has 108 valence electrons. The van der Waals surface area contributed by atoms with Crippen molar-refractivity contribution in [2.75, 3.05) is 5.32 Å². The summed E-state index contributed by atoms with van der Waals surface area (Å²) in [6.45, 7) is 4.11. The van der Waals surface area contributed by atoms with E-state index in [0.29, 0.717) is 0 Å². The summed E-state index contributed by atoms with van der Waals surface area (Å²) in [6, 6.07) is 8.17. The van der Waals surface area contributed by atoms with Crippen LogP contribution in [0.15, 0.2) is 32.9 Å². The van der Waals surface area contributed by atoms with Crippen molar-refractivity contribution in [2.45, 2.75) is 28.9 Å². The van der Waals surface area contributed by atoms with Gasteiger partial charge in [-0.15, -0.1) is 10.2 Å². The largest absolute Gasteiger partial charge is 0.330 e. The summed E-state index contributed by atoms with van der Waals surface area (Å²) in [5.74, 6) is 0.880. The van der Waals surface area contributed by atoms with Crippen LogP contribution in [-0.4, -0.2) is 19.6 Å². The number of aromatic nitrogens is 4. The summed E-state index contributed by atoms with van der Waals surface area (Å²) < 4.78 is 6.04. The second-order valence-electron chi connectivity index (χ2n) is 4.30. The van der Waals surface area contributed by atoms with Crippen LogP contribution in [-0.2, 0) is 6.42 Å². The van der Waals surface area contributed by atoms with Crippen molar-refractivity contribution in [2.24, 2.45) is 0 Å². The van der Waals surface area contributed by atoms with Gasteiger partial charge in [0, 0.05) is 12.1 Å². The molecular formula is C13H13N5S3. The number of nitrogens with one attached hydrogen (secondary N) is 1. The molecule has 2 heterocycles. The van der Waals surface area contributed by atoms with Crippen LogP contribution in [0.4, 0.5) is 10.8 Å². The van der Waals surface area contributed by atoms with Gasteiger partial charge in [0.05, 0.1) is 0 Å². The van der Waals surface area contributed by atoms with Gasteiger partial charge < -0.3 is 5.32 Å². The Balaban J connectivity index is 1.68. The van der Waals surface area contributed by atoms with Gasteiger partial charge >= 0.3 is 0 Å². The molecule has 0 unspecified atom stereocenters. The lowest BCUT2D eigenvalue weighted by Gasteiger charge is -2.01. The van der Waals surface area contributed by atoms with Crippen LogP contribution in [0.25, 0.3) is 0 Å². The number of rotatable bonds is 5. The van der Waals surface area contributed by atoms with Crippen LogP contribution in [0, 0.1) is 6.92 Å². The number of hydrogen-bond donors (Lipinski definition) is 1. The fraction of sp³-hybridized carbons (Fsp3) is 0.231. The quantitative estimate of drug-likeness (QED) is 0.755. The highest BCUT2D eigenvalue weighted by atomic mass is 32.2. The van der Waals surface area contributed by atoms with Crippen LogP contribution in [0.5, 0.6) is 0 Å². The topological polar surface area (TPSA) is 63.6 Å². The first kappa shape index (κ1) is 14.4. The zero-order chi connectivity index (χ0) is 14.7. The minimum absolute atomic E-state index is 0.781. The molecule has 5 nitrogen and oxygen atoms in total. The van der Waals surface area contributed by atoms with E-state index < -0.39 is 0 Å². The molecule has 3 rings (SSSR count). The zero-order valence-corrected chi connectivity index (χ0v) is 14.0. The first-order valence-electron chi connectivity index (χ1n) is 6.40. The Bertz CT molecular complexity index is 737. The van der Waals surface area contributed by atoms with E-state index >= 15 is 0 Å². The van der Waals surface area contributed by atoms with Gasteiger partial charge in [-0.2, -0.15) is 4.37 Å². The summed E-state index contributed by atoms with van der Waals surface area (Å²) in [4.78, 5) is 4.42. The third kappa shape index (κ3) is 3.78. The molecule has 1 aromatic carbocycles. The zero-order valence-electron chi connectivity index (χ0n) is 11.5. The van der Waals surface area contributed by atoms with E-state index in [-0.39, 0.29) is 0 Å². The van der Waals surface area contributed by atoms with Crippen molar-refractivity contribution in [3.63, 3.8) is 0 Å². The number of aryl methyl sites for hydroxylation is 2. The molecule has 0 aliphatic heterocycles. The number of hydrogen-bond acceptors (Lipinski definition) is 8. The van der Waals surface area contributed by atoms with Crippen LogP contribution in [0.3, 0.4) is 0 Å². The van der Waals surface area contributed by atoms with Crippen molar-refractivity contribution in [3.8, 4) is 0 Å². The van der Waals surface area contributed by atoms with Gasteiger partial charge in [0.15, 0.2) is 8.68 Å². The van der Waals surface area contributed by atoms with E-state index in [1.54, 1.807) is 0 Å². The van der Waals surface area contributed by atoms with Gasteiger partial charge in [0.25, 0.3) is 0 Å². The molecule has 0 bridgehead atoms. The fourth-order valence-corrected chi connectivity index (χ4v) is 4.32. The maximum absolute atomic E-state index is 4.42. The molecule has 0 radical (unpaired) electrons. The standard InChI is InChI=1S/C13H13N5S3/c1-3-10-15-12(21-18-10)20-13-17-16-11(19-13)14-9-6-4-5-8(2)7-9/h4-7H,3H2,1-2H3,(H,14,16). The molecular weight excluding hydrogens is 322 g/mol. The predicted octanol–water partition coefficient (Wildman–Crippen LogP) is 4.16. The molecule has 0 amide bonds. The van der Waals surface area contributed by atoms with Crippen molar-refractivity contribution >= 4 is 45.5 Å². The Morgan fingerprint density at radius 1 is 1.24 bits per heavy atom. The number of anilines is 2. The SMILES string of the molecule is CCc1nsc(Sc2nnc(Nc3cccc(C)c3)s2)n1. The van der Waals surface area contributed by atoms with E-state index in [1.807, 2.05) is 19.1 Å². The van der Waals surface area contributed by atoms with Gasteiger partial charge in [-0.05, 0) is 47.9 Å². The molecule has 8 heteroatoms. The Hall–Kier alpha value is -1.51. The monoisotopic (exact) mass is 335 g/mol. The third-order valence-corrected chi connectivity index (χ3v) is 5.29. The lowest BCUT2D eigenvalue weighted by Crippen LogP contribution is -1.89. The molecule has 0 aliphatic rings. The number of benzene rings is 1. The highest BCUT2D eigenvalue weighted by Gasteiger charge is 2.10. The van der Waals surface area contributed by atoms with Crippen molar-refractivity contribution in [3.05, 3.63) is 35.7 Å². The molecule has 0 atom stereocenters. The van der Waals surface area contributed by atoms with Crippen molar-refractivity contribution in [1.29, 1.82) is 0 Å². The summed E-state index contributed by atoms with van der Waals surface area (Å²) in [6.07, 6.45) is 0.855. The van der Waals surface area contributed by atoms with Crippen LogP contribution < -0.4 is 5.32 Å². The van der Waals surface area contributed by atoms with Crippen molar-refractivity contribution < 1.29 is 0 Å². The highest BCUT2D eigenvalue weighted by Crippen LogP contribution is 2.33. The molecule has 0 fully saturated rings. The Morgan fingerprint density at radius 3 is 2.90 bits per heavy atom. The Morgan fingerprint density at radius 2 is 2.14 bits per heavy atom. The van der Waals surface area contributed by atoms with Gasteiger partial charge in [0.2, 0.25) is 5.13 Å². The van der Waals surface area contributed by atoms with Crippen LogP contribution in [0.2, 0.25) is 0 Å². The average molecular weight is 335 g/mol. The second-order valence-corrected chi connectivity index (χ2v) is 7.52. The van der Waals surface area contributed by atoms with Gasteiger partial charge in [-0.3, -0.25) is 0 Å². The molecule has 0 aliphatic carbocycles. The van der Waals surface area contributed by atoms with E-state index in [2.05, 4.69) is 43.9 Å². The first-order chi connectivity index (χ1) is 10.2. The lowest BCUT2D eigenvalue weighted by atomic mass is 10.2. The minimum atomic E-state index is 0.781. The van der Waals surface area contributed by atoms with E-state index in [4.69, 9.17) is 0 Å². The molecule has 0 saturated heterocycles. The third-order valence-electron chi connectivity index (χ3n) is 2.62. The molecule has 0 spiro atoms. The summed E-state index contributed by atoms with van der Waals surface area (Å²) >= 11 is 4.43. The lowest BCUT2D eigenvalue weighted by molar-refractivity contribution is 0.968. The van der Waals surface area contributed by atoms with Crippen LogP contribution >= 0.6 is 34.6 Å². The predicted molar refractivity (Wildman–Crippen MR) is 87.8 cm³/mol.